The summed E-state index contributed by atoms with van der Waals surface area (Å²) in [5.41, 5.74) is 0. The smallest absolute Gasteiger partial charge is 0.306 e. The SMILES string of the molecule is CC/C=C\C/C=C\C/C=C\C/C=C\C/C=C\CCCCCCCCCCCCCCCC(=O)OCC(COC(=O)CCCCCCCCC/C=C\C/C=C\C/C=C\CC)OC(=O)CCCCCCCCCCC/C=C\C/C=C\CCCCC. The third kappa shape index (κ3) is 68.5. The summed E-state index contributed by atoms with van der Waals surface area (Å²) in [5, 5.41) is 0. The summed E-state index contributed by atoms with van der Waals surface area (Å²) in [6.07, 6.45) is 97.8. The molecule has 0 saturated carbocycles. The minimum absolute atomic E-state index is 0.0838. The van der Waals surface area contributed by atoms with Gasteiger partial charge < -0.3 is 14.2 Å². The fourth-order valence-corrected chi connectivity index (χ4v) is 9.75. The molecule has 6 nitrogen and oxygen atoms in total. The highest BCUT2D eigenvalue weighted by Crippen LogP contribution is 2.17. The van der Waals surface area contributed by atoms with Crippen molar-refractivity contribution in [1.82, 2.24) is 0 Å². The number of carbonyl (C=O) groups excluding carboxylic acids is 3. The topological polar surface area (TPSA) is 78.9 Å². The maximum Gasteiger partial charge on any atom is 0.306 e. The van der Waals surface area contributed by atoms with Crippen LogP contribution in [-0.4, -0.2) is 37.2 Å². The molecule has 0 spiro atoms. The highest BCUT2D eigenvalue weighted by atomic mass is 16.6. The minimum atomic E-state index is -0.789. The van der Waals surface area contributed by atoms with Gasteiger partial charge in [0.15, 0.2) is 6.10 Å². The Labute approximate surface area is 513 Å². The van der Waals surface area contributed by atoms with Gasteiger partial charge in [-0.15, -0.1) is 0 Å². The van der Waals surface area contributed by atoms with Crippen molar-refractivity contribution in [3.05, 3.63) is 122 Å². The van der Waals surface area contributed by atoms with Crippen LogP contribution in [0.2, 0.25) is 0 Å². The highest BCUT2D eigenvalue weighted by molar-refractivity contribution is 5.71. The second-order valence-corrected chi connectivity index (χ2v) is 23.0. The molecule has 0 bridgehead atoms. The molecule has 0 amide bonds. The van der Waals surface area contributed by atoms with E-state index in [0.717, 1.165) is 122 Å². The van der Waals surface area contributed by atoms with E-state index in [1.54, 1.807) is 0 Å². The van der Waals surface area contributed by atoms with Crippen molar-refractivity contribution in [2.45, 2.75) is 335 Å². The Kier molecular flexibility index (Phi) is 66.7. The van der Waals surface area contributed by atoms with Crippen LogP contribution in [-0.2, 0) is 28.6 Å². The molecule has 0 aromatic heterocycles. The molecule has 0 fully saturated rings. The van der Waals surface area contributed by atoms with Gasteiger partial charge in [0, 0.05) is 19.3 Å². The predicted molar refractivity (Wildman–Crippen MR) is 362 cm³/mol. The molecule has 0 heterocycles. The Morgan fingerprint density at radius 1 is 0.253 bits per heavy atom. The summed E-state index contributed by atoms with van der Waals surface area (Å²) in [6.45, 7) is 6.41. The Hall–Kier alpha value is -4.19. The summed E-state index contributed by atoms with van der Waals surface area (Å²) in [7, 11) is 0. The van der Waals surface area contributed by atoms with Crippen LogP contribution in [0.15, 0.2) is 122 Å². The normalized spacial score (nSPS) is 12.9. The molecule has 0 aromatic rings. The average Bonchev–Trinajstić information content (AvgIpc) is 3.49. The van der Waals surface area contributed by atoms with Crippen molar-refractivity contribution in [3.8, 4) is 0 Å². The number of rotatable bonds is 63. The Morgan fingerprint density at radius 2 is 0.470 bits per heavy atom. The van der Waals surface area contributed by atoms with Crippen LogP contribution in [0.3, 0.4) is 0 Å². The number of carbonyl (C=O) groups is 3. The van der Waals surface area contributed by atoms with Crippen LogP contribution >= 0.6 is 0 Å². The van der Waals surface area contributed by atoms with Gasteiger partial charge in [-0.2, -0.15) is 0 Å². The van der Waals surface area contributed by atoms with Gasteiger partial charge in [0.05, 0.1) is 0 Å². The second kappa shape index (κ2) is 70.3. The van der Waals surface area contributed by atoms with Gasteiger partial charge in [-0.3, -0.25) is 14.4 Å². The first-order valence-corrected chi connectivity index (χ1v) is 35.0. The molecule has 0 aromatic carbocycles. The lowest BCUT2D eigenvalue weighted by molar-refractivity contribution is -0.167. The quantitative estimate of drug-likeness (QED) is 0.0261. The van der Waals surface area contributed by atoms with Crippen molar-refractivity contribution in [2.75, 3.05) is 13.2 Å². The first-order chi connectivity index (χ1) is 41.0. The van der Waals surface area contributed by atoms with E-state index in [0.29, 0.717) is 19.3 Å². The van der Waals surface area contributed by atoms with Crippen LogP contribution in [0.1, 0.15) is 329 Å². The zero-order chi connectivity index (χ0) is 59.9. The van der Waals surface area contributed by atoms with Crippen molar-refractivity contribution in [3.63, 3.8) is 0 Å². The third-order valence-corrected chi connectivity index (χ3v) is 14.9. The molecule has 0 aliphatic rings. The van der Waals surface area contributed by atoms with Gasteiger partial charge in [0.25, 0.3) is 0 Å². The summed E-state index contributed by atoms with van der Waals surface area (Å²) in [4.78, 5) is 38.5. The predicted octanol–water partition coefficient (Wildman–Crippen LogP) is 24.3. The molecule has 0 aliphatic heterocycles. The molecule has 1 atom stereocenters. The fourth-order valence-electron chi connectivity index (χ4n) is 9.75. The van der Waals surface area contributed by atoms with E-state index in [4.69, 9.17) is 14.2 Å². The Balaban J connectivity index is 4.33. The Bertz CT molecular complexity index is 1700. The van der Waals surface area contributed by atoms with Gasteiger partial charge in [-0.1, -0.05) is 303 Å². The molecule has 0 aliphatic carbocycles. The summed E-state index contributed by atoms with van der Waals surface area (Å²) in [6, 6.07) is 0. The third-order valence-electron chi connectivity index (χ3n) is 14.9. The van der Waals surface area contributed by atoms with E-state index in [9.17, 15) is 14.4 Å². The van der Waals surface area contributed by atoms with Crippen LogP contribution in [0.5, 0.6) is 0 Å². The maximum atomic E-state index is 13.0. The molecule has 474 valence electrons. The largest absolute Gasteiger partial charge is 0.462 e. The summed E-state index contributed by atoms with van der Waals surface area (Å²) >= 11 is 0. The van der Waals surface area contributed by atoms with E-state index >= 15 is 0 Å². The van der Waals surface area contributed by atoms with Crippen LogP contribution < -0.4 is 0 Å². The number of ether oxygens (including phenoxy) is 3. The number of unbranched alkanes of at least 4 members (excludes halogenated alkanes) is 32. The molecule has 0 rings (SSSR count). The molecule has 6 heteroatoms. The molecule has 1 unspecified atom stereocenters. The van der Waals surface area contributed by atoms with Gasteiger partial charge in [0.2, 0.25) is 0 Å². The molecular formula is C77H130O6. The monoisotopic (exact) mass is 1150 g/mol. The number of hydrogen-bond acceptors (Lipinski definition) is 6. The zero-order valence-electron chi connectivity index (χ0n) is 54.4. The van der Waals surface area contributed by atoms with Crippen molar-refractivity contribution in [2.24, 2.45) is 0 Å². The van der Waals surface area contributed by atoms with E-state index in [2.05, 4.69) is 142 Å². The van der Waals surface area contributed by atoms with E-state index in [-0.39, 0.29) is 31.1 Å². The van der Waals surface area contributed by atoms with Gasteiger partial charge in [-0.25, -0.2) is 0 Å². The van der Waals surface area contributed by atoms with Crippen molar-refractivity contribution >= 4 is 17.9 Å². The van der Waals surface area contributed by atoms with E-state index in [1.807, 2.05) is 0 Å². The lowest BCUT2D eigenvalue weighted by Gasteiger charge is -2.18. The fraction of sp³-hybridized carbons (Fsp3) is 0.701. The zero-order valence-corrected chi connectivity index (χ0v) is 54.4. The van der Waals surface area contributed by atoms with Crippen LogP contribution in [0, 0.1) is 0 Å². The molecular weight excluding hydrogens is 1020 g/mol. The standard InChI is InChI=1S/C77H130O6/c1-4-7-10-13-16-19-22-25-28-31-33-34-35-36-37-38-39-40-41-42-44-46-49-52-55-58-61-64-67-70-76(79)82-73-74(72-81-75(78)69-66-63-60-57-54-51-48-45-30-27-24-21-18-15-12-9-6-3)83-77(80)71-68-65-62-59-56-53-50-47-43-32-29-26-23-20-17-14-11-8-5-2/h7,9-10,12,16-21,25-30,33-34,36-37,74H,4-6,8,11,13-15,22-24,31-32,35,38-73H2,1-3H3/b10-7-,12-9-,19-16-,20-17-,21-18-,28-25-,29-26-,30-27-,34-33-,37-36-. The number of hydrogen-bond donors (Lipinski definition) is 0. The number of esters is 3. The summed E-state index contributed by atoms with van der Waals surface area (Å²) in [5.74, 6) is -0.887. The van der Waals surface area contributed by atoms with E-state index in [1.165, 1.54) is 167 Å². The number of allylic oxidation sites excluding steroid dienone is 20. The van der Waals surface area contributed by atoms with E-state index < -0.39 is 6.10 Å². The molecule has 0 radical (unpaired) electrons. The molecule has 83 heavy (non-hydrogen) atoms. The van der Waals surface area contributed by atoms with Gasteiger partial charge >= 0.3 is 17.9 Å². The van der Waals surface area contributed by atoms with Crippen LogP contribution in [0.4, 0.5) is 0 Å². The lowest BCUT2D eigenvalue weighted by Crippen LogP contribution is -2.30. The van der Waals surface area contributed by atoms with Gasteiger partial charge in [0.1, 0.15) is 13.2 Å². The summed E-state index contributed by atoms with van der Waals surface area (Å²) < 4.78 is 17.0. The minimum Gasteiger partial charge on any atom is -0.462 e. The van der Waals surface area contributed by atoms with Crippen molar-refractivity contribution in [1.29, 1.82) is 0 Å². The highest BCUT2D eigenvalue weighted by Gasteiger charge is 2.19. The first-order valence-electron chi connectivity index (χ1n) is 35.0. The molecule has 0 saturated heterocycles. The Morgan fingerprint density at radius 3 is 0.735 bits per heavy atom. The lowest BCUT2D eigenvalue weighted by atomic mass is 10.0. The molecule has 0 N–H and O–H groups in total. The second-order valence-electron chi connectivity index (χ2n) is 23.0. The van der Waals surface area contributed by atoms with Crippen molar-refractivity contribution < 1.29 is 28.6 Å². The first kappa shape index (κ1) is 78.8. The van der Waals surface area contributed by atoms with Crippen LogP contribution in [0.25, 0.3) is 0 Å². The van der Waals surface area contributed by atoms with Gasteiger partial charge in [-0.05, 0) is 128 Å². The maximum absolute atomic E-state index is 13.0. The average molecular weight is 1150 g/mol.